The summed E-state index contributed by atoms with van der Waals surface area (Å²) in [6.07, 6.45) is -2.41. The SMILES string of the molecule is NC(=O)c1ccc2c(Oc3ccc(C(F)(F)F)cc3)cccc2c1C(CO)Cc1ccccn1. The molecule has 4 rings (SSSR count). The fourth-order valence-electron chi connectivity index (χ4n) is 3.96. The predicted octanol–water partition coefficient (Wildman–Crippen LogP) is 5.46. The van der Waals surface area contributed by atoms with Gasteiger partial charge in [-0.15, -0.1) is 0 Å². The highest BCUT2D eigenvalue weighted by Crippen LogP contribution is 2.38. The van der Waals surface area contributed by atoms with E-state index in [-0.39, 0.29) is 17.9 Å². The minimum absolute atomic E-state index is 0.230. The Kier molecular flexibility index (Phi) is 6.51. The number of fused-ring (bicyclic) bond motifs is 1. The number of aliphatic hydroxyl groups excluding tert-OH is 1. The van der Waals surface area contributed by atoms with E-state index >= 15 is 0 Å². The highest BCUT2D eigenvalue weighted by Gasteiger charge is 2.30. The van der Waals surface area contributed by atoms with Crippen molar-refractivity contribution in [3.8, 4) is 11.5 Å². The topological polar surface area (TPSA) is 85.4 Å². The smallest absolute Gasteiger partial charge is 0.416 e. The maximum absolute atomic E-state index is 12.9. The first-order valence-electron chi connectivity index (χ1n) is 10.5. The Hall–Kier alpha value is -3.91. The van der Waals surface area contributed by atoms with Crippen LogP contribution in [0.4, 0.5) is 13.2 Å². The van der Waals surface area contributed by atoms with Gasteiger partial charge < -0.3 is 15.6 Å². The van der Waals surface area contributed by atoms with Crippen molar-refractivity contribution in [3.05, 3.63) is 101 Å². The molecule has 1 amide bonds. The molecule has 0 aliphatic rings. The number of aliphatic hydroxyl groups is 1. The fourth-order valence-corrected chi connectivity index (χ4v) is 3.96. The predicted molar refractivity (Wildman–Crippen MR) is 122 cm³/mol. The molecule has 0 radical (unpaired) electrons. The lowest BCUT2D eigenvalue weighted by Crippen LogP contribution is -2.19. The Labute approximate surface area is 193 Å². The zero-order chi connectivity index (χ0) is 24.3. The number of amides is 1. The van der Waals surface area contributed by atoms with Crippen molar-refractivity contribution in [2.45, 2.75) is 18.5 Å². The molecule has 4 aromatic rings. The highest BCUT2D eigenvalue weighted by atomic mass is 19.4. The van der Waals surface area contributed by atoms with Crippen LogP contribution in [0.25, 0.3) is 10.8 Å². The normalized spacial score (nSPS) is 12.5. The van der Waals surface area contributed by atoms with E-state index in [0.717, 1.165) is 17.8 Å². The Bertz CT molecular complexity index is 1310. The van der Waals surface area contributed by atoms with Crippen LogP contribution in [-0.4, -0.2) is 22.6 Å². The van der Waals surface area contributed by atoms with Gasteiger partial charge in [0, 0.05) is 28.8 Å². The van der Waals surface area contributed by atoms with E-state index in [2.05, 4.69) is 4.98 Å². The number of nitrogens with zero attached hydrogens (tertiary/aromatic N) is 1. The minimum Gasteiger partial charge on any atom is -0.457 e. The number of aromatic nitrogens is 1. The quantitative estimate of drug-likeness (QED) is 0.379. The lowest BCUT2D eigenvalue weighted by molar-refractivity contribution is -0.137. The van der Waals surface area contributed by atoms with Crippen LogP contribution >= 0.6 is 0 Å². The third kappa shape index (κ3) is 4.87. The summed E-state index contributed by atoms with van der Waals surface area (Å²) in [5.41, 5.74) is 6.45. The largest absolute Gasteiger partial charge is 0.457 e. The summed E-state index contributed by atoms with van der Waals surface area (Å²) in [6, 6.07) is 18.3. The first-order chi connectivity index (χ1) is 16.3. The molecule has 0 fully saturated rings. The molecule has 8 heteroatoms. The van der Waals surface area contributed by atoms with Gasteiger partial charge in [0.25, 0.3) is 0 Å². The number of hydrogen-bond donors (Lipinski definition) is 2. The van der Waals surface area contributed by atoms with Crippen LogP contribution in [0.3, 0.4) is 0 Å². The van der Waals surface area contributed by atoms with E-state index in [4.69, 9.17) is 10.5 Å². The standard InChI is InChI=1S/C26H21F3N2O3/c27-26(28,29)17-7-9-19(10-8-17)34-23-6-3-5-21-20(23)11-12-22(25(30)33)24(21)16(15-32)14-18-4-1-2-13-31-18/h1-13,16,32H,14-15H2,(H2,30,33). The maximum Gasteiger partial charge on any atom is 0.416 e. The third-order valence-electron chi connectivity index (χ3n) is 5.55. The average Bonchev–Trinajstić information content (AvgIpc) is 2.82. The molecule has 0 spiro atoms. The summed E-state index contributed by atoms with van der Waals surface area (Å²) in [5.74, 6) is -0.481. The summed E-state index contributed by atoms with van der Waals surface area (Å²) in [6.45, 7) is -0.250. The van der Waals surface area contributed by atoms with Crippen LogP contribution in [0.5, 0.6) is 11.5 Å². The molecule has 5 nitrogen and oxygen atoms in total. The van der Waals surface area contributed by atoms with Crippen molar-refractivity contribution < 1.29 is 27.8 Å². The van der Waals surface area contributed by atoms with Crippen molar-refractivity contribution in [1.29, 1.82) is 0 Å². The molecule has 1 heterocycles. The molecule has 1 aromatic heterocycles. The summed E-state index contributed by atoms with van der Waals surface area (Å²) in [7, 11) is 0. The molecular formula is C26H21F3N2O3. The van der Waals surface area contributed by atoms with Gasteiger partial charge in [-0.2, -0.15) is 13.2 Å². The summed E-state index contributed by atoms with van der Waals surface area (Å²) >= 11 is 0. The van der Waals surface area contributed by atoms with Gasteiger partial charge in [-0.1, -0.05) is 18.2 Å². The molecule has 1 atom stereocenters. The van der Waals surface area contributed by atoms with E-state index in [1.165, 1.54) is 12.1 Å². The summed E-state index contributed by atoms with van der Waals surface area (Å²) in [4.78, 5) is 16.5. The summed E-state index contributed by atoms with van der Waals surface area (Å²) < 4.78 is 44.5. The Morgan fingerprint density at radius 2 is 1.74 bits per heavy atom. The number of primary amides is 1. The van der Waals surface area contributed by atoms with Crippen LogP contribution in [0.1, 0.15) is 33.1 Å². The number of halogens is 3. The van der Waals surface area contributed by atoms with Crippen LogP contribution in [0, 0.1) is 0 Å². The number of alkyl halides is 3. The lowest BCUT2D eigenvalue weighted by Gasteiger charge is -2.21. The zero-order valence-corrected chi connectivity index (χ0v) is 17.9. The van der Waals surface area contributed by atoms with Crippen molar-refractivity contribution in [3.63, 3.8) is 0 Å². The molecule has 0 aliphatic carbocycles. The second kappa shape index (κ2) is 9.52. The maximum atomic E-state index is 12.9. The highest BCUT2D eigenvalue weighted by molar-refractivity contribution is 6.02. The van der Waals surface area contributed by atoms with Crippen LogP contribution in [0.15, 0.2) is 79.0 Å². The Morgan fingerprint density at radius 1 is 0.971 bits per heavy atom. The number of benzene rings is 3. The zero-order valence-electron chi connectivity index (χ0n) is 17.9. The Morgan fingerprint density at radius 3 is 2.35 bits per heavy atom. The second-order valence-corrected chi connectivity index (χ2v) is 7.77. The van der Waals surface area contributed by atoms with Crippen molar-refractivity contribution >= 4 is 16.7 Å². The van der Waals surface area contributed by atoms with Gasteiger partial charge in [-0.25, -0.2) is 0 Å². The fraction of sp³-hybridized carbons (Fsp3) is 0.154. The molecule has 3 N–H and O–H groups in total. The number of rotatable bonds is 7. The van der Waals surface area contributed by atoms with E-state index in [0.29, 0.717) is 28.5 Å². The van der Waals surface area contributed by atoms with E-state index < -0.39 is 23.6 Å². The monoisotopic (exact) mass is 466 g/mol. The van der Waals surface area contributed by atoms with Gasteiger partial charge in [0.2, 0.25) is 5.91 Å². The molecule has 3 aromatic carbocycles. The van der Waals surface area contributed by atoms with Gasteiger partial charge in [-0.05, 0) is 72.0 Å². The van der Waals surface area contributed by atoms with Crippen LogP contribution in [0.2, 0.25) is 0 Å². The second-order valence-electron chi connectivity index (χ2n) is 7.77. The molecule has 34 heavy (non-hydrogen) atoms. The third-order valence-corrected chi connectivity index (χ3v) is 5.55. The first-order valence-corrected chi connectivity index (χ1v) is 10.5. The number of pyridine rings is 1. The van der Waals surface area contributed by atoms with Crippen molar-refractivity contribution in [2.75, 3.05) is 6.61 Å². The van der Waals surface area contributed by atoms with Crippen molar-refractivity contribution in [1.82, 2.24) is 4.98 Å². The minimum atomic E-state index is -4.44. The molecular weight excluding hydrogens is 445 g/mol. The number of ether oxygens (including phenoxy) is 1. The van der Waals surface area contributed by atoms with Gasteiger partial charge >= 0.3 is 6.18 Å². The molecule has 1 unspecified atom stereocenters. The molecule has 0 bridgehead atoms. The summed E-state index contributed by atoms with van der Waals surface area (Å²) in [5, 5.41) is 11.5. The van der Waals surface area contributed by atoms with Crippen LogP contribution < -0.4 is 10.5 Å². The van der Waals surface area contributed by atoms with Crippen molar-refractivity contribution in [2.24, 2.45) is 5.73 Å². The first kappa shape index (κ1) is 23.3. The number of hydrogen-bond acceptors (Lipinski definition) is 4. The number of carbonyl (C=O) groups is 1. The van der Waals surface area contributed by atoms with Gasteiger partial charge in [0.1, 0.15) is 11.5 Å². The molecule has 0 aliphatic heterocycles. The average molecular weight is 466 g/mol. The number of nitrogens with two attached hydrogens (primary N) is 1. The lowest BCUT2D eigenvalue weighted by atomic mass is 9.86. The van der Waals surface area contributed by atoms with Gasteiger partial charge in [0.15, 0.2) is 0 Å². The van der Waals surface area contributed by atoms with Crippen LogP contribution in [-0.2, 0) is 12.6 Å². The molecule has 0 saturated carbocycles. The van der Waals surface area contributed by atoms with Gasteiger partial charge in [-0.3, -0.25) is 9.78 Å². The van der Waals surface area contributed by atoms with E-state index in [1.807, 2.05) is 12.1 Å². The molecule has 0 saturated heterocycles. The molecule has 174 valence electrons. The van der Waals surface area contributed by atoms with E-state index in [1.54, 1.807) is 42.6 Å². The van der Waals surface area contributed by atoms with E-state index in [9.17, 15) is 23.1 Å². The Balaban J connectivity index is 1.77. The number of carbonyl (C=O) groups excluding carboxylic acids is 1. The van der Waals surface area contributed by atoms with Gasteiger partial charge in [0.05, 0.1) is 12.2 Å².